The number of rotatable bonds is 2. The van der Waals surface area contributed by atoms with Crippen molar-refractivity contribution >= 4 is 5.78 Å². The minimum Gasteiger partial charge on any atom is -0.469 e. The molecule has 0 fully saturated rings. The predicted molar refractivity (Wildman–Crippen MR) is 58.8 cm³/mol. The quantitative estimate of drug-likeness (QED) is 0.721. The molecule has 0 aliphatic heterocycles. The number of aryl methyl sites for hydroxylation is 1. The van der Waals surface area contributed by atoms with Crippen LogP contribution in [0.3, 0.4) is 0 Å². The van der Waals surface area contributed by atoms with Crippen LogP contribution in [0.5, 0.6) is 0 Å². The average molecular weight is 218 g/mol. The Morgan fingerprint density at radius 1 is 1.31 bits per heavy atom. The van der Waals surface area contributed by atoms with Crippen LogP contribution < -0.4 is 0 Å². The summed E-state index contributed by atoms with van der Waals surface area (Å²) in [5, 5.41) is 0. The molecule has 0 unspecified atom stereocenters. The molecule has 3 heteroatoms. The van der Waals surface area contributed by atoms with Crippen LogP contribution in [0.25, 0.3) is 11.1 Å². The Hall–Kier alpha value is -1.90. The highest BCUT2D eigenvalue weighted by atomic mass is 19.1. The molecule has 0 aliphatic carbocycles. The zero-order valence-electron chi connectivity index (χ0n) is 9.08. The molecule has 0 saturated carbocycles. The van der Waals surface area contributed by atoms with Crippen LogP contribution in [0, 0.1) is 12.7 Å². The van der Waals surface area contributed by atoms with Gasteiger partial charge >= 0.3 is 0 Å². The third-order valence-electron chi connectivity index (χ3n) is 2.52. The van der Waals surface area contributed by atoms with Crippen molar-refractivity contribution in [2.45, 2.75) is 13.8 Å². The summed E-state index contributed by atoms with van der Waals surface area (Å²) < 4.78 is 18.5. The van der Waals surface area contributed by atoms with Crippen molar-refractivity contribution < 1.29 is 13.6 Å². The molecule has 2 nitrogen and oxygen atoms in total. The van der Waals surface area contributed by atoms with Gasteiger partial charge in [0.05, 0.1) is 11.8 Å². The topological polar surface area (TPSA) is 30.2 Å². The lowest BCUT2D eigenvalue weighted by Crippen LogP contribution is -1.97. The maximum atomic E-state index is 13.3. The van der Waals surface area contributed by atoms with Gasteiger partial charge in [0.25, 0.3) is 0 Å². The summed E-state index contributed by atoms with van der Waals surface area (Å²) in [6.45, 7) is 3.18. The summed E-state index contributed by atoms with van der Waals surface area (Å²) >= 11 is 0. The normalized spacial score (nSPS) is 10.4. The van der Waals surface area contributed by atoms with Crippen molar-refractivity contribution in [3.05, 3.63) is 47.7 Å². The first-order valence-corrected chi connectivity index (χ1v) is 4.94. The number of halogens is 1. The lowest BCUT2D eigenvalue weighted by atomic mass is 10.0. The van der Waals surface area contributed by atoms with Gasteiger partial charge < -0.3 is 4.42 Å². The summed E-state index contributed by atoms with van der Waals surface area (Å²) in [5.74, 6) is -0.0148. The maximum absolute atomic E-state index is 13.3. The molecule has 2 rings (SSSR count). The number of Topliss-reactive ketones (excluding diaryl/α,β-unsaturated/α-hetero) is 1. The minimum absolute atomic E-state index is 0.109. The van der Waals surface area contributed by atoms with Crippen LogP contribution in [0.2, 0.25) is 0 Å². The van der Waals surface area contributed by atoms with Gasteiger partial charge in [0, 0.05) is 5.56 Å². The lowest BCUT2D eigenvalue weighted by molar-refractivity contribution is 0.101. The highest BCUT2D eigenvalue weighted by Crippen LogP contribution is 2.26. The first-order chi connectivity index (χ1) is 7.59. The Kier molecular flexibility index (Phi) is 2.60. The van der Waals surface area contributed by atoms with Gasteiger partial charge in [0.15, 0.2) is 5.78 Å². The zero-order valence-corrected chi connectivity index (χ0v) is 9.08. The summed E-state index contributed by atoms with van der Waals surface area (Å²) in [5.41, 5.74) is 1.78. The molecule has 0 saturated heterocycles. The van der Waals surface area contributed by atoms with Gasteiger partial charge in [-0.3, -0.25) is 4.79 Å². The largest absolute Gasteiger partial charge is 0.469 e. The van der Waals surface area contributed by atoms with E-state index in [2.05, 4.69) is 0 Å². The van der Waals surface area contributed by atoms with Gasteiger partial charge in [-0.15, -0.1) is 0 Å². The smallest absolute Gasteiger partial charge is 0.162 e. The molecule has 1 heterocycles. The number of hydrogen-bond donors (Lipinski definition) is 0. The molecular weight excluding hydrogens is 207 g/mol. The van der Waals surface area contributed by atoms with Crippen molar-refractivity contribution in [3.8, 4) is 11.1 Å². The number of carbonyl (C=O) groups is 1. The first-order valence-electron chi connectivity index (χ1n) is 4.94. The molecular formula is C13H11FO2. The molecule has 2 aromatic rings. The van der Waals surface area contributed by atoms with Crippen molar-refractivity contribution in [3.63, 3.8) is 0 Å². The number of hydrogen-bond acceptors (Lipinski definition) is 2. The lowest BCUT2D eigenvalue weighted by Gasteiger charge is -2.03. The fourth-order valence-corrected chi connectivity index (χ4v) is 1.65. The minimum atomic E-state index is -0.489. The van der Waals surface area contributed by atoms with E-state index in [-0.39, 0.29) is 11.3 Å². The number of benzene rings is 1. The van der Waals surface area contributed by atoms with Crippen LogP contribution in [-0.2, 0) is 0 Å². The molecule has 0 N–H and O–H groups in total. The van der Waals surface area contributed by atoms with E-state index in [1.165, 1.54) is 13.0 Å². The Labute approximate surface area is 92.7 Å². The van der Waals surface area contributed by atoms with Crippen LogP contribution in [0.4, 0.5) is 4.39 Å². The highest BCUT2D eigenvalue weighted by Gasteiger charge is 2.11. The predicted octanol–water partition coefficient (Wildman–Crippen LogP) is 3.60. The van der Waals surface area contributed by atoms with Gasteiger partial charge in [-0.05, 0) is 37.6 Å². The second-order valence-corrected chi connectivity index (χ2v) is 3.64. The molecule has 0 spiro atoms. The van der Waals surface area contributed by atoms with E-state index in [9.17, 15) is 9.18 Å². The standard InChI is InChI=1S/C13H11FO2/c1-8(15)12-7-10(3-4-13(12)14)11-5-6-16-9(11)2/h3-7H,1-2H3. The Bertz CT molecular complexity index is 541. The van der Waals surface area contributed by atoms with Crippen molar-refractivity contribution in [1.29, 1.82) is 0 Å². The molecule has 16 heavy (non-hydrogen) atoms. The van der Waals surface area contributed by atoms with Crippen LogP contribution in [0.15, 0.2) is 34.9 Å². The highest BCUT2D eigenvalue weighted by molar-refractivity contribution is 5.95. The van der Waals surface area contributed by atoms with E-state index in [0.29, 0.717) is 0 Å². The fourth-order valence-electron chi connectivity index (χ4n) is 1.65. The van der Waals surface area contributed by atoms with Gasteiger partial charge in [0.2, 0.25) is 0 Å². The number of furan rings is 1. The monoisotopic (exact) mass is 218 g/mol. The van der Waals surface area contributed by atoms with Gasteiger partial charge in [-0.1, -0.05) is 6.07 Å². The molecule has 82 valence electrons. The molecule has 0 radical (unpaired) electrons. The Morgan fingerprint density at radius 3 is 2.62 bits per heavy atom. The first kappa shape index (κ1) is 10.6. The second kappa shape index (κ2) is 3.93. The van der Waals surface area contributed by atoms with E-state index in [1.807, 2.05) is 6.92 Å². The SMILES string of the molecule is CC(=O)c1cc(-c2ccoc2C)ccc1F. The summed E-state index contributed by atoms with van der Waals surface area (Å²) in [6.07, 6.45) is 1.57. The van der Waals surface area contributed by atoms with Gasteiger partial charge in [-0.2, -0.15) is 0 Å². The third-order valence-corrected chi connectivity index (χ3v) is 2.52. The fraction of sp³-hybridized carbons (Fsp3) is 0.154. The van der Waals surface area contributed by atoms with Gasteiger partial charge in [-0.25, -0.2) is 4.39 Å². The molecule has 0 aliphatic rings. The van der Waals surface area contributed by atoms with Crippen molar-refractivity contribution in [1.82, 2.24) is 0 Å². The molecule has 1 aromatic heterocycles. The van der Waals surface area contributed by atoms with E-state index in [0.717, 1.165) is 16.9 Å². The average Bonchev–Trinajstić information content (AvgIpc) is 2.65. The number of carbonyl (C=O) groups excluding carboxylic acids is 1. The Morgan fingerprint density at radius 2 is 2.06 bits per heavy atom. The van der Waals surface area contributed by atoms with Crippen LogP contribution in [-0.4, -0.2) is 5.78 Å². The van der Waals surface area contributed by atoms with E-state index in [1.54, 1.807) is 24.5 Å². The summed E-state index contributed by atoms with van der Waals surface area (Å²) in [4.78, 5) is 11.2. The van der Waals surface area contributed by atoms with Gasteiger partial charge in [0.1, 0.15) is 11.6 Å². The number of ketones is 1. The zero-order chi connectivity index (χ0) is 11.7. The van der Waals surface area contributed by atoms with Crippen molar-refractivity contribution in [2.75, 3.05) is 0 Å². The third kappa shape index (κ3) is 1.76. The molecule has 0 bridgehead atoms. The molecule has 0 atom stereocenters. The van der Waals surface area contributed by atoms with E-state index < -0.39 is 5.82 Å². The van der Waals surface area contributed by atoms with E-state index in [4.69, 9.17) is 4.42 Å². The summed E-state index contributed by atoms with van der Waals surface area (Å²) in [7, 11) is 0. The maximum Gasteiger partial charge on any atom is 0.162 e. The molecule has 0 amide bonds. The molecule has 1 aromatic carbocycles. The van der Waals surface area contributed by atoms with Crippen LogP contribution >= 0.6 is 0 Å². The Balaban J connectivity index is 2.56. The summed E-state index contributed by atoms with van der Waals surface area (Å²) in [6, 6.07) is 6.29. The van der Waals surface area contributed by atoms with E-state index >= 15 is 0 Å². The van der Waals surface area contributed by atoms with Crippen molar-refractivity contribution in [2.24, 2.45) is 0 Å². The second-order valence-electron chi connectivity index (χ2n) is 3.64. The van der Waals surface area contributed by atoms with Crippen LogP contribution in [0.1, 0.15) is 23.0 Å².